The van der Waals surface area contributed by atoms with E-state index in [4.69, 9.17) is 4.42 Å². The molecule has 5 rings (SSSR count). The molecule has 29 heavy (non-hydrogen) atoms. The summed E-state index contributed by atoms with van der Waals surface area (Å²) < 4.78 is 6.18. The highest BCUT2D eigenvalue weighted by Gasteiger charge is 2.09. The van der Waals surface area contributed by atoms with Crippen LogP contribution in [0.3, 0.4) is 0 Å². The molecule has 0 amide bonds. The van der Waals surface area contributed by atoms with Gasteiger partial charge in [-0.3, -0.25) is 0 Å². The first kappa shape index (κ1) is 17.4. The van der Waals surface area contributed by atoms with Crippen molar-refractivity contribution in [2.45, 2.75) is 13.8 Å². The molecule has 1 heterocycles. The Morgan fingerprint density at radius 3 is 1.41 bits per heavy atom. The van der Waals surface area contributed by atoms with Gasteiger partial charge in [0.2, 0.25) is 0 Å². The lowest BCUT2D eigenvalue weighted by Crippen LogP contribution is -1.90. The Balaban J connectivity index is 1.47. The summed E-state index contributed by atoms with van der Waals surface area (Å²) >= 11 is 0. The zero-order valence-corrected chi connectivity index (χ0v) is 16.5. The second-order valence-electron chi connectivity index (χ2n) is 7.51. The lowest BCUT2D eigenvalue weighted by atomic mass is 10.1. The molecule has 0 aliphatic heterocycles. The van der Waals surface area contributed by atoms with E-state index in [2.05, 4.69) is 109 Å². The van der Waals surface area contributed by atoms with Crippen LogP contribution >= 0.6 is 0 Å². The van der Waals surface area contributed by atoms with E-state index in [0.29, 0.717) is 0 Å². The van der Waals surface area contributed by atoms with Crippen LogP contribution in [-0.2, 0) is 0 Å². The van der Waals surface area contributed by atoms with Crippen LogP contribution in [0.4, 0.5) is 22.7 Å². The maximum absolute atomic E-state index is 6.18. The minimum Gasteiger partial charge on any atom is -0.456 e. The molecule has 0 saturated carbocycles. The summed E-state index contributed by atoms with van der Waals surface area (Å²) in [5.74, 6) is 0. The Bertz CT molecular complexity index is 1230. The van der Waals surface area contributed by atoms with Crippen LogP contribution in [0.5, 0.6) is 0 Å². The number of anilines is 4. The maximum atomic E-state index is 6.18. The van der Waals surface area contributed by atoms with Gasteiger partial charge >= 0.3 is 0 Å². The average molecular weight is 378 g/mol. The van der Waals surface area contributed by atoms with Gasteiger partial charge in [-0.1, -0.05) is 24.3 Å². The third-order valence-corrected chi connectivity index (χ3v) is 5.09. The summed E-state index contributed by atoms with van der Waals surface area (Å²) in [6, 6.07) is 29.2. The number of nitrogens with one attached hydrogen (secondary N) is 2. The molecule has 0 radical (unpaired) electrons. The van der Waals surface area contributed by atoms with Crippen LogP contribution in [0.25, 0.3) is 21.9 Å². The molecule has 0 spiro atoms. The van der Waals surface area contributed by atoms with E-state index in [1.54, 1.807) is 0 Å². The summed E-state index contributed by atoms with van der Waals surface area (Å²) in [6.45, 7) is 4.19. The lowest BCUT2D eigenvalue weighted by Gasteiger charge is -2.07. The van der Waals surface area contributed by atoms with Crippen LogP contribution in [0.1, 0.15) is 11.1 Å². The third kappa shape index (κ3) is 3.55. The van der Waals surface area contributed by atoms with Crippen molar-refractivity contribution < 1.29 is 4.42 Å². The average Bonchev–Trinajstić information content (AvgIpc) is 3.05. The minimum absolute atomic E-state index is 0.880. The van der Waals surface area contributed by atoms with Gasteiger partial charge in [0.15, 0.2) is 0 Å². The molecule has 4 aromatic carbocycles. The van der Waals surface area contributed by atoms with Gasteiger partial charge in [0.1, 0.15) is 11.2 Å². The first-order valence-electron chi connectivity index (χ1n) is 9.78. The van der Waals surface area contributed by atoms with E-state index < -0.39 is 0 Å². The van der Waals surface area contributed by atoms with Crippen molar-refractivity contribution in [2.75, 3.05) is 10.6 Å². The second-order valence-corrected chi connectivity index (χ2v) is 7.51. The van der Waals surface area contributed by atoms with E-state index in [1.807, 2.05) is 0 Å². The van der Waals surface area contributed by atoms with Crippen molar-refractivity contribution in [1.29, 1.82) is 0 Å². The summed E-state index contributed by atoms with van der Waals surface area (Å²) in [5, 5.41) is 9.16. The normalized spacial score (nSPS) is 11.1. The van der Waals surface area contributed by atoms with Crippen molar-refractivity contribution >= 4 is 44.7 Å². The molecule has 3 heteroatoms. The highest BCUT2D eigenvalue weighted by atomic mass is 16.3. The Hall–Kier alpha value is -3.72. The topological polar surface area (TPSA) is 37.2 Å². The van der Waals surface area contributed by atoms with Crippen LogP contribution in [0, 0.1) is 13.8 Å². The smallest absolute Gasteiger partial charge is 0.137 e. The standard InChI is InChI=1S/C26H22N2O/c1-17-5-3-7-19(13-17)27-21-9-11-23-24-12-10-22(16-26(24)29-25(23)15-21)28-20-8-4-6-18(2)14-20/h3-16,27-28H,1-2H3. The van der Waals surface area contributed by atoms with Gasteiger partial charge in [-0.2, -0.15) is 0 Å². The monoisotopic (exact) mass is 378 g/mol. The van der Waals surface area contributed by atoms with E-state index in [-0.39, 0.29) is 0 Å². The Morgan fingerprint density at radius 2 is 0.966 bits per heavy atom. The largest absolute Gasteiger partial charge is 0.456 e. The third-order valence-electron chi connectivity index (χ3n) is 5.09. The van der Waals surface area contributed by atoms with Crippen molar-refractivity contribution in [3.8, 4) is 0 Å². The van der Waals surface area contributed by atoms with Gasteiger partial charge in [0.25, 0.3) is 0 Å². The highest BCUT2D eigenvalue weighted by Crippen LogP contribution is 2.33. The molecule has 0 bridgehead atoms. The van der Waals surface area contributed by atoms with Gasteiger partial charge in [-0.25, -0.2) is 0 Å². The van der Waals surface area contributed by atoms with E-state index >= 15 is 0 Å². The molecule has 0 aliphatic carbocycles. The van der Waals surface area contributed by atoms with Gasteiger partial charge in [-0.15, -0.1) is 0 Å². The van der Waals surface area contributed by atoms with Gasteiger partial charge in [0, 0.05) is 45.7 Å². The van der Waals surface area contributed by atoms with E-state index in [0.717, 1.165) is 44.7 Å². The van der Waals surface area contributed by atoms with Crippen molar-refractivity contribution in [3.05, 3.63) is 96.1 Å². The first-order valence-corrected chi connectivity index (χ1v) is 9.78. The SMILES string of the molecule is Cc1cccc(Nc2ccc3c(c2)oc2cc(Nc4cccc(C)c4)ccc23)c1. The van der Waals surface area contributed by atoms with Crippen LogP contribution in [0.15, 0.2) is 89.3 Å². The number of furan rings is 1. The zero-order valence-electron chi connectivity index (χ0n) is 16.5. The molecule has 1 aromatic heterocycles. The predicted molar refractivity (Wildman–Crippen MR) is 123 cm³/mol. The number of hydrogen-bond donors (Lipinski definition) is 2. The Morgan fingerprint density at radius 1 is 0.517 bits per heavy atom. The zero-order chi connectivity index (χ0) is 19.8. The number of benzene rings is 4. The maximum Gasteiger partial charge on any atom is 0.137 e. The van der Waals surface area contributed by atoms with Gasteiger partial charge in [-0.05, 0) is 73.5 Å². The number of rotatable bonds is 4. The molecule has 0 unspecified atom stereocenters. The molecular formula is C26H22N2O. The number of hydrogen-bond acceptors (Lipinski definition) is 3. The molecule has 0 saturated heterocycles. The van der Waals surface area contributed by atoms with Crippen LogP contribution in [0.2, 0.25) is 0 Å². The van der Waals surface area contributed by atoms with Gasteiger partial charge in [0.05, 0.1) is 0 Å². The fraction of sp³-hybridized carbons (Fsp3) is 0.0769. The number of fused-ring (bicyclic) bond motifs is 3. The van der Waals surface area contributed by atoms with Crippen molar-refractivity contribution in [2.24, 2.45) is 0 Å². The summed E-state index contributed by atoms with van der Waals surface area (Å²) in [5.41, 5.74) is 8.40. The Labute approximate surface area is 170 Å². The van der Waals surface area contributed by atoms with E-state index in [9.17, 15) is 0 Å². The van der Waals surface area contributed by atoms with Crippen LogP contribution < -0.4 is 10.6 Å². The van der Waals surface area contributed by atoms with Gasteiger partial charge < -0.3 is 15.1 Å². The summed E-state index contributed by atoms with van der Waals surface area (Å²) in [4.78, 5) is 0. The second kappa shape index (κ2) is 7.02. The Kier molecular flexibility index (Phi) is 4.21. The van der Waals surface area contributed by atoms with E-state index in [1.165, 1.54) is 11.1 Å². The summed E-state index contributed by atoms with van der Waals surface area (Å²) in [7, 11) is 0. The molecule has 0 aliphatic rings. The quantitative estimate of drug-likeness (QED) is 0.336. The minimum atomic E-state index is 0.880. The molecule has 2 N–H and O–H groups in total. The summed E-state index contributed by atoms with van der Waals surface area (Å²) in [6.07, 6.45) is 0. The van der Waals surface area contributed by atoms with Crippen molar-refractivity contribution in [1.82, 2.24) is 0 Å². The fourth-order valence-electron chi connectivity index (χ4n) is 3.71. The molecule has 0 atom stereocenters. The molecular weight excluding hydrogens is 356 g/mol. The molecule has 5 aromatic rings. The fourth-order valence-corrected chi connectivity index (χ4v) is 3.71. The lowest BCUT2D eigenvalue weighted by molar-refractivity contribution is 0.669. The molecule has 3 nitrogen and oxygen atoms in total. The molecule has 142 valence electrons. The molecule has 0 fully saturated rings. The van der Waals surface area contributed by atoms with Crippen LogP contribution in [-0.4, -0.2) is 0 Å². The number of aryl methyl sites for hydroxylation is 2. The predicted octanol–water partition coefficient (Wildman–Crippen LogP) is 7.69. The first-order chi connectivity index (χ1) is 14.1. The van der Waals surface area contributed by atoms with Crippen molar-refractivity contribution in [3.63, 3.8) is 0 Å². The highest BCUT2D eigenvalue weighted by molar-refractivity contribution is 6.06.